The molecule has 0 saturated carbocycles. The highest BCUT2D eigenvalue weighted by Crippen LogP contribution is 2.38. The van der Waals surface area contributed by atoms with Gasteiger partial charge in [0.15, 0.2) is 0 Å². The number of aliphatic hydroxyl groups is 1. The Labute approximate surface area is 90.7 Å². The van der Waals surface area contributed by atoms with Gasteiger partial charge in [-0.25, -0.2) is 0 Å². The molecular formula is C11H21NO3. The highest BCUT2D eigenvalue weighted by molar-refractivity contribution is 4.93. The van der Waals surface area contributed by atoms with Crippen LogP contribution in [0.2, 0.25) is 0 Å². The predicted molar refractivity (Wildman–Crippen MR) is 56.5 cm³/mol. The largest absolute Gasteiger partial charge is 0.392 e. The van der Waals surface area contributed by atoms with Crippen molar-refractivity contribution in [1.29, 1.82) is 0 Å². The second-order valence-corrected chi connectivity index (χ2v) is 4.75. The van der Waals surface area contributed by atoms with E-state index in [0.29, 0.717) is 13.2 Å². The van der Waals surface area contributed by atoms with E-state index in [1.165, 1.54) is 0 Å². The van der Waals surface area contributed by atoms with Crippen molar-refractivity contribution < 1.29 is 14.6 Å². The lowest BCUT2D eigenvalue weighted by Gasteiger charge is -2.42. The molecule has 0 aliphatic carbocycles. The maximum Gasteiger partial charge on any atom is 0.0661 e. The van der Waals surface area contributed by atoms with Gasteiger partial charge >= 0.3 is 0 Å². The van der Waals surface area contributed by atoms with Gasteiger partial charge in [-0.05, 0) is 19.3 Å². The fraction of sp³-hybridized carbons (Fsp3) is 1.00. The molecule has 2 unspecified atom stereocenters. The van der Waals surface area contributed by atoms with Crippen molar-refractivity contribution in [3.05, 3.63) is 0 Å². The Morgan fingerprint density at radius 3 is 2.53 bits per heavy atom. The van der Waals surface area contributed by atoms with Gasteiger partial charge in [0.1, 0.15) is 0 Å². The SMILES string of the molecule is NCC1(C(O)C2CCOC2)CCOCC1. The zero-order valence-corrected chi connectivity index (χ0v) is 9.15. The summed E-state index contributed by atoms with van der Waals surface area (Å²) in [6, 6.07) is 0. The molecule has 0 amide bonds. The van der Waals surface area contributed by atoms with Crippen molar-refractivity contribution in [3.8, 4) is 0 Å². The maximum absolute atomic E-state index is 10.4. The normalized spacial score (nSPS) is 32.8. The van der Waals surface area contributed by atoms with Gasteiger partial charge in [-0.3, -0.25) is 0 Å². The van der Waals surface area contributed by atoms with E-state index in [4.69, 9.17) is 15.2 Å². The molecule has 2 atom stereocenters. The number of nitrogens with two attached hydrogens (primary N) is 1. The summed E-state index contributed by atoms with van der Waals surface area (Å²) < 4.78 is 10.7. The lowest BCUT2D eigenvalue weighted by atomic mass is 9.71. The summed E-state index contributed by atoms with van der Waals surface area (Å²) in [5, 5.41) is 10.4. The summed E-state index contributed by atoms with van der Waals surface area (Å²) in [5.74, 6) is 0.270. The lowest BCUT2D eigenvalue weighted by Crippen LogP contribution is -2.49. The first-order valence-electron chi connectivity index (χ1n) is 5.82. The fourth-order valence-electron chi connectivity index (χ4n) is 2.70. The number of hydrogen-bond acceptors (Lipinski definition) is 4. The van der Waals surface area contributed by atoms with E-state index in [-0.39, 0.29) is 17.4 Å². The molecule has 2 saturated heterocycles. The first kappa shape index (κ1) is 11.3. The van der Waals surface area contributed by atoms with Crippen molar-refractivity contribution in [2.24, 2.45) is 17.1 Å². The summed E-state index contributed by atoms with van der Waals surface area (Å²) in [6.07, 6.45) is 2.39. The van der Waals surface area contributed by atoms with E-state index in [9.17, 15) is 5.11 Å². The first-order chi connectivity index (χ1) is 7.28. The minimum atomic E-state index is -0.325. The third-order valence-electron chi connectivity index (χ3n) is 3.93. The second kappa shape index (κ2) is 4.78. The van der Waals surface area contributed by atoms with Crippen LogP contribution in [0.1, 0.15) is 19.3 Å². The summed E-state index contributed by atoms with van der Waals surface area (Å²) >= 11 is 0. The van der Waals surface area contributed by atoms with E-state index in [1.807, 2.05) is 0 Å². The van der Waals surface area contributed by atoms with Gasteiger partial charge in [-0.1, -0.05) is 0 Å². The van der Waals surface area contributed by atoms with Gasteiger partial charge in [0.05, 0.1) is 12.7 Å². The Balaban J connectivity index is 2.02. The lowest BCUT2D eigenvalue weighted by molar-refractivity contribution is -0.0804. The van der Waals surface area contributed by atoms with Crippen LogP contribution in [0, 0.1) is 11.3 Å². The molecule has 0 aromatic heterocycles. The molecule has 0 aromatic rings. The number of aliphatic hydroxyl groups excluding tert-OH is 1. The van der Waals surface area contributed by atoms with Crippen LogP contribution in [-0.4, -0.2) is 44.2 Å². The molecule has 2 heterocycles. The molecule has 88 valence electrons. The topological polar surface area (TPSA) is 64.7 Å². The molecule has 2 aliphatic rings. The first-order valence-corrected chi connectivity index (χ1v) is 5.82. The van der Waals surface area contributed by atoms with Crippen molar-refractivity contribution in [1.82, 2.24) is 0 Å². The Kier molecular flexibility index (Phi) is 3.61. The van der Waals surface area contributed by atoms with Gasteiger partial charge in [0, 0.05) is 37.7 Å². The van der Waals surface area contributed by atoms with Crippen LogP contribution in [0.3, 0.4) is 0 Å². The molecule has 4 heteroatoms. The van der Waals surface area contributed by atoms with Crippen LogP contribution in [0.25, 0.3) is 0 Å². The highest BCUT2D eigenvalue weighted by atomic mass is 16.5. The quantitative estimate of drug-likeness (QED) is 0.703. The third kappa shape index (κ3) is 2.18. The molecule has 0 aromatic carbocycles. The molecule has 2 fully saturated rings. The average molecular weight is 215 g/mol. The summed E-state index contributed by atoms with van der Waals surface area (Å²) in [7, 11) is 0. The van der Waals surface area contributed by atoms with E-state index in [2.05, 4.69) is 0 Å². The molecule has 2 rings (SSSR count). The maximum atomic E-state index is 10.4. The van der Waals surface area contributed by atoms with Gasteiger partial charge in [0.2, 0.25) is 0 Å². The smallest absolute Gasteiger partial charge is 0.0661 e. The number of rotatable bonds is 3. The van der Waals surface area contributed by atoms with Crippen molar-refractivity contribution in [2.45, 2.75) is 25.4 Å². The average Bonchev–Trinajstić information content (AvgIpc) is 2.82. The van der Waals surface area contributed by atoms with E-state index in [0.717, 1.165) is 39.1 Å². The van der Waals surface area contributed by atoms with Crippen LogP contribution in [-0.2, 0) is 9.47 Å². The van der Waals surface area contributed by atoms with E-state index >= 15 is 0 Å². The number of hydrogen-bond donors (Lipinski definition) is 2. The standard InChI is InChI=1S/C11H21NO3/c12-8-11(2-5-14-6-3-11)10(13)9-1-4-15-7-9/h9-10,13H,1-8,12H2. The highest BCUT2D eigenvalue weighted by Gasteiger charge is 2.43. The zero-order valence-electron chi connectivity index (χ0n) is 9.15. The van der Waals surface area contributed by atoms with E-state index in [1.54, 1.807) is 0 Å². The summed E-state index contributed by atoms with van der Waals surface area (Å²) in [5.41, 5.74) is 5.72. The fourth-order valence-corrected chi connectivity index (χ4v) is 2.70. The molecule has 15 heavy (non-hydrogen) atoms. The molecule has 0 bridgehead atoms. The van der Waals surface area contributed by atoms with Crippen molar-refractivity contribution in [2.75, 3.05) is 33.0 Å². The molecule has 4 nitrogen and oxygen atoms in total. The minimum Gasteiger partial charge on any atom is -0.392 e. The van der Waals surface area contributed by atoms with Crippen LogP contribution in [0.4, 0.5) is 0 Å². The Morgan fingerprint density at radius 1 is 1.27 bits per heavy atom. The molecule has 0 radical (unpaired) electrons. The van der Waals surface area contributed by atoms with Gasteiger partial charge < -0.3 is 20.3 Å². The van der Waals surface area contributed by atoms with Crippen LogP contribution in [0.15, 0.2) is 0 Å². The molecule has 2 aliphatic heterocycles. The van der Waals surface area contributed by atoms with Gasteiger partial charge in [-0.2, -0.15) is 0 Å². The Morgan fingerprint density at radius 2 is 2.00 bits per heavy atom. The Bertz CT molecular complexity index is 198. The summed E-state index contributed by atoms with van der Waals surface area (Å²) in [6.45, 7) is 3.46. The molecule has 0 spiro atoms. The zero-order chi connectivity index (χ0) is 10.7. The van der Waals surface area contributed by atoms with Crippen molar-refractivity contribution >= 4 is 0 Å². The van der Waals surface area contributed by atoms with Crippen molar-refractivity contribution in [3.63, 3.8) is 0 Å². The summed E-state index contributed by atoms with van der Waals surface area (Å²) in [4.78, 5) is 0. The predicted octanol–water partition coefficient (Wildman–Crippen LogP) is 0.139. The van der Waals surface area contributed by atoms with Gasteiger partial charge in [-0.15, -0.1) is 0 Å². The number of ether oxygens (including phenoxy) is 2. The van der Waals surface area contributed by atoms with Gasteiger partial charge in [0.25, 0.3) is 0 Å². The van der Waals surface area contributed by atoms with Crippen LogP contribution in [0.5, 0.6) is 0 Å². The molecular weight excluding hydrogens is 194 g/mol. The molecule has 3 N–H and O–H groups in total. The minimum absolute atomic E-state index is 0.128. The monoisotopic (exact) mass is 215 g/mol. The van der Waals surface area contributed by atoms with Crippen LogP contribution < -0.4 is 5.73 Å². The van der Waals surface area contributed by atoms with E-state index < -0.39 is 0 Å². The third-order valence-corrected chi connectivity index (χ3v) is 3.93. The van der Waals surface area contributed by atoms with Crippen LogP contribution >= 0.6 is 0 Å². The second-order valence-electron chi connectivity index (χ2n) is 4.75. The Hall–Kier alpha value is -0.160.